The molecule has 0 spiro atoms. The van der Waals surface area contributed by atoms with Gasteiger partial charge in [-0.2, -0.15) is 17.0 Å². The largest absolute Gasteiger partial charge is 0.363 e. The molecule has 0 aromatic carbocycles. The minimum absolute atomic E-state index is 0.0166. The van der Waals surface area contributed by atoms with Gasteiger partial charge in [-0.1, -0.05) is 62.3 Å². The summed E-state index contributed by atoms with van der Waals surface area (Å²) in [6, 6.07) is -3.29. The number of carbonyl (C=O) groups is 5. The maximum Gasteiger partial charge on any atom is 0.315 e. The zero-order chi connectivity index (χ0) is 33.9. The topological polar surface area (TPSA) is 191 Å². The molecule has 1 saturated heterocycles. The monoisotopic (exact) mass is 631 g/mol. The van der Waals surface area contributed by atoms with Gasteiger partial charge >= 0.3 is 6.03 Å². The molecule has 0 aromatic heterocycles. The minimum atomic E-state index is -3.74. The first-order valence-electron chi connectivity index (χ1n) is 14.3. The highest BCUT2D eigenvalue weighted by molar-refractivity contribution is 7.86. The molecule has 0 radical (unpaired) electrons. The second-order valence-corrected chi connectivity index (χ2v) is 16.9. The summed E-state index contributed by atoms with van der Waals surface area (Å²) in [6.45, 7) is 16.4. The third-order valence-corrected chi connectivity index (χ3v) is 9.65. The molecule has 4 atom stereocenters. The van der Waals surface area contributed by atoms with Crippen LogP contribution >= 0.6 is 0 Å². The Morgan fingerprint density at radius 2 is 1.44 bits per heavy atom. The number of ketones is 1. The molecule has 0 bridgehead atoms. The van der Waals surface area contributed by atoms with Crippen molar-refractivity contribution in [1.82, 2.24) is 29.5 Å². The van der Waals surface area contributed by atoms with Crippen LogP contribution in [0.25, 0.3) is 0 Å². The number of hydrogen-bond acceptors (Lipinski definition) is 7. The third kappa shape index (κ3) is 10.1. The van der Waals surface area contributed by atoms with E-state index >= 15 is 0 Å². The van der Waals surface area contributed by atoms with Gasteiger partial charge < -0.3 is 26.6 Å². The maximum atomic E-state index is 14.1. The van der Waals surface area contributed by atoms with E-state index in [2.05, 4.69) is 16.0 Å². The standard InChI is InChI=1S/C28H53N7O7S/c1-26(2,3)17-13-14-35(20(17)23(38)30-15-18(36)22(29)37)24(39)21(28(7,8)9)32-25(40)31-19(27(4,5)6)16-34(12)43(41,42)33(10)11/h17,19-21H,13-16H2,1-12H3,(H2,29,37)(H,30,38)(H2,31,32,40)/t17-,19+,20-,21+/m0/s1. The van der Waals surface area contributed by atoms with Gasteiger partial charge in [0.1, 0.15) is 12.1 Å². The molecule has 0 aliphatic carbocycles. The van der Waals surface area contributed by atoms with E-state index in [9.17, 15) is 32.4 Å². The van der Waals surface area contributed by atoms with Crippen molar-refractivity contribution in [3.63, 3.8) is 0 Å². The van der Waals surface area contributed by atoms with Crippen molar-refractivity contribution in [3.05, 3.63) is 0 Å². The highest BCUT2D eigenvalue weighted by Gasteiger charge is 2.49. The summed E-state index contributed by atoms with van der Waals surface area (Å²) < 4.78 is 27.5. The first-order valence-corrected chi connectivity index (χ1v) is 15.7. The summed E-state index contributed by atoms with van der Waals surface area (Å²) in [5, 5.41) is 8.09. The lowest BCUT2D eigenvalue weighted by Gasteiger charge is -2.39. The number of nitrogens with one attached hydrogen (secondary N) is 3. The van der Waals surface area contributed by atoms with Crippen molar-refractivity contribution in [2.24, 2.45) is 27.9 Å². The van der Waals surface area contributed by atoms with Crippen LogP contribution in [0, 0.1) is 22.2 Å². The van der Waals surface area contributed by atoms with Crippen molar-refractivity contribution < 1.29 is 32.4 Å². The molecule has 1 aliphatic rings. The van der Waals surface area contributed by atoms with Gasteiger partial charge in [0.25, 0.3) is 16.1 Å². The molecule has 248 valence electrons. The van der Waals surface area contributed by atoms with E-state index in [-0.39, 0.29) is 24.4 Å². The van der Waals surface area contributed by atoms with Crippen LogP contribution in [-0.4, -0.2) is 110 Å². The van der Waals surface area contributed by atoms with Gasteiger partial charge in [0, 0.05) is 40.3 Å². The molecule has 0 aromatic rings. The molecule has 15 heteroatoms. The van der Waals surface area contributed by atoms with Crippen LogP contribution < -0.4 is 21.7 Å². The van der Waals surface area contributed by atoms with Crippen LogP contribution in [0.2, 0.25) is 0 Å². The van der Waals surface area contributed by atoms with E-state index in [0.717, 1.165) is 8.61 Å². The fourth-order valence-electron chi connectivity index (χ4n) is 4.94. The Morgan fingerprint density at radius 1 is 0.907 bits per heavy atom. The predicted octanol–water partition coefficient (Wildman–Crippen LogP) is 0.287. The lowest BCUT2D eigenvalue weighted by Crippen LogP contribution is -2.62. The Balaban J connectivity index is 3.30. The van der Waals surface area contributed by atoms with Crippen LogP contribution in [0.15, 0.2) is 0 Å². The maximum absolute atomic E-state index is 14.1. The molecule has 1 fully saturated rings. The van der Waals surface area contributed by atoms with Crippen molar-refractivity contribution in [1.29, 1.82) is 0 Å². The number of nitrogens with zero attached hydrogens (tertiary/aromatic N) is 3. The number of nitrogens with two attached hydrogens (primary N) is 1. The molecule has 1 rings (SSSR count). The van der Waals surface area contributed by atoms with Crippen LogP contribution in [0.5, 0.6) is 0 Å². The van der Waals surface area contributed by atoms with Gasteiger partial charge in [-0.3, -0.25) is 19.2 Å². The average molecular weight is 632 g/mol. The summed E-state index contributed by atoms with van der Waals surface area (Å²) in [5.41, 5.74) is 3.31. The second-order valence-electron chi connectivity index (χ2n) is 14.6. The lowest BCUT2D eigenvalue weighted by atomic mass is 9.76. The van der Waals surface area contributed by atoms with E-state index in [0.29, 0.717) is 6.42 Å². The van der Waals surface area contributed by atoms with Crippen LogP contribution in [0.3, 0.4) is 0 Å². The first-order chi connectivity index (χ1) is 19.2. The Labute approximate surface area is 257 Å². The number of hydrogen-bond donors (Lipinski definition) is 4. The summed E-state index contributed by atoms with van der Waals surface area (Å²) in [5.74, 6) is -3.46. The fraction of sp³-hybridized carbons (Fsp3) is 0.821. The number of likely N-dealkylation sites (tertiary alicyclic amines) is 1. The van der Waals surface area contributed by atoms with Crippen molar-refractivity contribution in [2.75, 3.05) is 40.8 Å². The molecule has 5 amide bonds. The predicted molar refractivity (Wildman–Crippen MR) is 164 cm³/mol. The normalized spacial score (nSPS) is 19.6. The number of rotatable bonds is 11. The Hall–Kier alpha value is -2.78. The van der Waals surface area contributed by atoms with Crippen LogP contribution in [0.4, 0.5) is 4.79 Å². The first kappa shape index (κ1) is 38.2. The molecule has 1 aliphatic heterocycles. The molecular weight excluding hydrogens is 578 g/mol. The van der Waals surface area contributed by atoms with Gasteiger partial charge in [-0.25, -0.2) is 4.79 Å². The smallest absolute Gasteiger partial charge is 0.315 e. The number of Topliss-reactive ketones (excluding diaryl/α,β-unsaturated/α-hetero) is 1. The summed E-state index contributed by atoms with van der Waals surface area (Å²) in [7, 11) is 0.531. The van der Waals surface area contributed by atoms with Crippen molar-refractivity contribution in [3.8, 4) is 0 Å². The molecule has 0 saturated carbocycles. The Bertz CT molecular complexity index is 1170. The molecule has 14 nitrogen and oxygen atoms in total. The zero-order valence-corrected chi connectivity index (χ0v) is 28.6. The second kappa shape index (κ2) is 13.9. The molecule has 5 N–H and O–H groups in total. The highest BCUT2D eigenvalue weighted by atomic mass is 32.2. The average Bonchev–Trinajstić information content (AvgIpc) is 3.29. The number of carbonyl (C=O) groups excluding carboxylic acids is 5. The molecular formula is C28H53N7O7S. The van der Waals surface area contributed by atoms with Gasteiger partial charge in [0.05, 0.1) is 6.54 Å². The highest BCUT2D eigenvalue weighted by Crippen LogP contribution is 2.39. The molecule has 1 heterocycles. The molecule has 43 heavy (non-hydrogen) atoms. The van der Waals surface area contributed by atoms with Crippen LogP contribution in [-0.2, 0) is 29.4 Å². The number of urea groups is 1. The summed E-state index contributed by atoms with van der Waals surface area (Å²) in [6.07, 6.45) is 0.513. The van der Waals surface area contributed by atoms with E-state index in [1.54, 1.807) is 20.8 Å². The van der Waals surface area contributed by atoms with E-state index in [1.807, 2.05) is 41.5 Å². The number of amides is 5. The minimum Gasteiger partial charge on any atom is -0.363 e. The van der Waals surface area contributed by atoms with Crippen molar-refractivity contribution in [2.45, 2.75) is 86.9 Å². The molecule has 0 unspecified atom stereocenters. The summed E-state index contributed by atoms with van der Waals surface area (Å²) >= 11 is 0. The lowest BCUT2D eigenvalue weighted by molar-refractivity contribution is -0.144. The number of likely N-dealkylation sites (N-methyl/N-ethyl adjacent to an activating group) is 1. The van der Waals surface area contributed by atoms with Gasteiger partial charge in [-0.05, 0) is 28.6 Å². The Morgan fingerprint density at radius 3 is 1.86 bits per heavy atom. The quantitative estimate of drug-likeness (QED) is 0.236. The van der Waals surface area contributed by atoms with Gasteiger partial charge in [-0.15, -0.1) is 0 Å². The summed E-state index contributed by atoms with van der Waals surface area (Å²) in [4.78, 5) is 65.2. The van der Waals surface area contributed by atoms with Gasteiger partial charge in [0.15, 0.2) is 0 Å². The number of primary amides is 1. The SMILES string of the molecule is CN(C)S(=O)(=O)N(C)C[C@@H](NC(=O)N[C@H](C(=O)N1CC[C@H](C(C)(C)C)[C@H]1C(=O)NCC(=O)C(N)=O)C(C)(C)C)C(C)(C)C. The van der Waals surface area contributed by atoms with E-state index < -0.39 is 75.2 Å². The Kier molecular flexibility index (Phi) is 12.4. The van der Waals surface area contributed by atoms with Gasteiger partial charge in [0.2, 0.25) is 17.6 Å². The zero-order valence-electron chi connectivity index (χ0n) is 27.8. The third-order valence-electron chi connectivity index (χ3n) is 7.79. The van der Waals surface area contributed by atoms with E-state index in [4.69, 9.17) is 5.73 Å². The van der Waals surface area contributed by atoms with Crippen LogP contribution in [0.1, 0.15) is 68.7 Å². The van der Waals surface area contributed by atoms with Crippen molar-refractivity contribution >= 4 is 39.7 Å². The van der Waals surface area contributed by atoms with E-state index in [1.165, 1.54) is 26.0 Å². The fourth-order valence-corrected chi connectivity index (χ4v) is 5.84.